The Bertz CT molecular complexity index is 618. The Balaban J connectivity index is 2.45. The van der Waals surface area contributed by atoms with Crippen LogP contribution < -0.4 is 4.74 Å². The first-order valence-electron chi connectivity index (χ1n) is 6.46. The summed E-state index contributed by atoms with van der Waals surface area (Å²) < 4.78 is 5.30. The molecule has 3 heteroatoms. The number of aliphatic imine (C=N–C) groups is 1. The number of methoxy groups -OCH3 is 1. The second kappa shape index (κ2) is 6.66. The van der Waals surface area contributed by atoms with Gasteiger partial charge < -0.3 is 4.74 Å². The average molecular weight is 267 g/mol. The summed E-state index contributed by atoms with van der Waals surface area (Å²) in [5.41, 5.74) is 2.44. The van der Waals surface area contributed by atoms with Crippen LogP contribution in [-0.2, 0) is 4.79 Å². The van der Waals surface area contributed by atoms with E-state index in [-0.39, 0.29) is 5.78 Å². The van der Waals surface area contributed by atoms with Crippen molar-refractivity contribution in [2.45, 2.75) is 13.3 Å². The Kier molecular flexibility index (Phi) is 4.66. The van der Waals surface area contributed by atoms with Crippen LogP contribution >= 0.6 is 0 Å². The van der Waals surface area contributed by atoms with E-state index in [1.165, 1.54) is 0 Å². The highest BCUT2D eigenvalue weighted by Gasteiger charge is 2.08. The number of carbonyl (C=O) groups excluding carboxylic acids is 1. The van der Waals surface area contributed by atoms with Gasteiger partial charge in [0.05, 0.1) is 12.8 Å². The number of hydrogen-bond donors (Lipinski definition) is 0. The summed E-state index contributed by atoms with van der Waals surface area (Å²) in [6.07, 6.45) is 0.308. The molecule has 2 rings (SSSR count). The van der Waals surface area contributed by atoms with Crippen LogP contribution in [0.1, 0.15) is 18.9 Å². The molecule has 0 heterocycles. The smallest absolute Gasteiger partial charge is 0.144 e. The lowest BCUT2D eigenvalue weighted by atomic mass is 10.1. The van der Waals surface area contributed by atoms with Gasteiger partial charge in [-0.1, -0.05) is 42.5 Å². The molecular weight excluding hydrogens is 250 g/mol. The molecule has 0 atom stereocenters. The summed E-state index contributed by atoms with van der Waals surface area (Å²) >= 11 is 0. The highest BCUT2D eigenvalue weighted by Crippen LogP contribution is 2.27. The van der Waals surface area contributed by atoms with E-state index in [9.17, 15) is 4.79 Å². The van der Waals surface area contributed by atoms with Crippen LogP contribution in [0.15, 0.2) is 59.6 Å². The van der Waals surface area contributed by atoms with Gasteiger partial charge in [-0.25, -0.2) is 4.99 Å². The minimum absolute atomic E-state index is 0.0856. The average Bonchev–Trinajstić information content (AvgIpc) is 2.47. The van der Waals surface area contributed by atoms with Crippen molar-refractivity contribution in [1.29, 1.82) is 0 Å². The van der Waals surface area contributed by atoms with Crippen LogP contribution in [0.2, 0.25) is 0 Å². The van der Waals surface area contributed by atoms with Gasteiger partial charge in [0, 0.05) is 6.42 Å². The van der Waals surface area contributed by atoms with Crippen molar-refractivity contribution in [3.63, 3.8) is 0 Å². The highest BCUT2D eigenvalue weighted by atomic mass is 16.5. The minimum atomic E-state index is 0.0856. The molecule has 0 aliphatic rings. The third-order valence-corrected chi connectivity index (χ3v) is 2.86. The summed E-state index contributed by atoms with van der Waals surface area (Å²) in [4.78, 5) is 16.1. The van der Waals surface area contributed by atoms with Gasteiger partial charge in [0.1, 0.15) is 17.2 Å². The number of Topliss-reactive ketones (excluding diaryl/α,β-unsaturated/α-hetero) is 1. The summed E-state index contributed by atoms with van der Waals surface area (Å²) in [5.74, 6) is 0.784. The number of hydrogen-bond acceptors (Lipinski definition) is 3. The van der Waals surface area contributed by atoms with Crippen molar-refractivity contribution in [2.75, 3.05) is 7.11 Å². The molecule has 0 radical (unpaired) electrons. The number of ketones is 1. The zero-order valence-electron chi connectivity index (χ0n) is 11.7. The summed E-state index contributed by atoms with van der Waals surface area (Å²) in [7, 11) is 1.61. The Morgan fingerprint density at radius 2 is 1.70 bits per heavy atom. The van der Waals surface area contributed by atoms with E-state index in [1.807, 2.05) is 54.6 Å². The molecule has 0 aliphatic heterocycles. The lowest BCUT2D eigenvalue weighted by Crippen LogP contribution is -2.06. The first kappa shape index (κ1) is 14.0. The van der Waals surface area contributed by atoms with E-state index in [4.69, 9.17) is 4.74 Å². The number of carbonyl (C=O) groups is 1. The largest absolute Gasteiger partial charge is 0.494 e. The van der Waals surface area contributed by atoms with Crippen LogP contribution in [0.5, 0.6) is 5.75 Å². The van der Waals surface area contributed by atoms with Gasteiger partial charge in [0.2, 0.25) is 0 Å². The third kappa shape index (κ3) is 3.54. The summed E-state index contributed by atoms with van der Waals surface area (Å²) in [5, 5.41) is 0. The number of para-hydroxylation sites is 2. The number of ether oxygens (including phenoxy) is 1. The summed E-state index contributed by atoms with van der Waals surface area (Å²) in [6.45, 7) is 1.57. The third-order valence-electron chi connectivity index (χ3n) is 2.86. The molecule has 20 heavy (non-hydrogen) atoms. The predicted octanol–water partition coefficient (Wildman–Crippen LogP) is 3.80. The fraction of sp³-hybridized carbons (Fsp3) is 0.176. The quantitative estimate of drug-likeness (QED) is 0.773. The van der Waals surface area contributed by atoms with Crippen LogP contribution in [0.25, 0.3) is 0 Å². The van der Waals surface area contributed by atoms with Crippen LogP contribution in [-0.4, -0.2) is 18.6 Å². The Hall–Kier alpha value is -2.42. The highest BCUT2D eigenvalue weighted by molar-refractivity contribution is 6.11. The summed E-state index contributed by atoms with van der Waals surface area (Å²) in [6, 6.07) is 17.3. The molecule has 0 N–H and O–H groups in total. The number of rotatable bonds is 5. The van der Waals surface area contributed by atoms with Crippen LogP contribution in [0.4, 0.5) is 5.69 Å². The van der Waals surface area contributed by atoms with Crippen molar-refractivity contribution >= 4 is 17.2 Å². The van der Waals surface area contributed by atoms with Gasteiger partial charge in [0.25, 0.3) is 0 Å². The fourth-order valence-corrected chi connectivity index (χ4v) is 1.94. The molecule has 0 aliphatic carbocycles. The van der Waals surface area contributed by atoms with Crippen molar-refractivity contribution in [1.82, 2.24) is 0 Å². The lowest BCUT2D eigenvalue weighted by molar-refractivity contribution is -0.115. The molecule has 0 aromatic heterocycles. The van der Waals surface area contributed by atoms with Crippen molar-refractivity contribution in [3.05, 3.63) is 60.2 Å². The molecule has 0 spiro atoms. The molecule has 0 saturated carbocycles. The molecule has 0 saturated heterocycles. The van der Waals surface area contributed by atoms with E-state index in [1.54, 1.807) is 14.0 Å². The number of benzene rings is 2. The molecule has 2 aromatic carbocycles. The van der Waals surface area contributed by atoms with E-state index >= 15 is 0 Å². The van der Waals surface area contributed by atoms with Gasteiger partial charge in [-0.05, 0) is 24.6 Å². The van der Waals surface area contributed by atoms with Gasteiger partial charge in [-0.2, -0.15) is 0 Å². The standard InChI is InChI=1S/C17H17NO2/c1-13(19)12-16(14-8-4-3-5-9-14)18-15-10-6-7-11-17(15)20-2/h3-11H,12H2,1-2H3. The Morgan fingerprint density at radius 3 is 2.35 bits per heavy atom. The maximum Gasteiger partial charge on any atom is 0.144 e. The van der Waals surface area contributed by atoms with Crippen LogP contribution in [0.3, 0.4) is 0 Å². The fourth-order valence-electron chi connectivity index (χ4n) is 1.94. The molecule has 3 nitrogen and oxygen atoms in total. The molecule has 2 aromatic rings. The molecule has 0 amide bonds. The van der Waals surface area contributed by atoms with Gasteiger partial charge >= 0.3 is 0 Å². The van der Waals surface area contributed by atoms with Gasteiger partial charge in [0.15, 0.2) is 0 Å². The van der Waals surface area contributed by atoms with E-state index in [2.05, 4.69) is 4.99 Å². The zero-order chi connectivity index (χ0) is 14.4. The van der Waals surface area contributed by atoms with E-state index in [0.717, 1.165) is 17.0 Å². The molecular formula is C17H17NO2. The second-order valence-electron chi connectivity index (χ2n) is 4.48. The predicted molar refractivity (Wildman–Crippen MR) is 80.9 cm³/mol. The molecule has 102 valence electrons. The van der Waals surface area contributed by atoms with Gasteiger partial charge in [-0.15, -0.1) is 0 Å². The van der Waals surface area contributed by atoms with Crippen molar-refractivity contribution < 1.29 is 9.53 Å². The maximum absolute atomic E-state index is 11.5. The van der Waals surface area contributed by atoms with E-state index in [0.29, 0.717) is 12.2 Å². The molecule has 0 fully saturated rings. The first-order valence-corrected chi connectivity index (χ1v) is 6.46. The van der Waals surface area contributed by atoms with Crippen molar-refractivity contribution in [3.8, 4) is 5.75 Å². The van der Waals surface area contributed by atoms with Gasteiger partial charge in [-0.3, -0.25) is 4.79 Å². The monoisotopic (exact) mass is 267 g/mol. The number of nitrogens with zero attached hydrogens (tertiary/aromatic N) is 1. The SMILES string of the molecule is COc1ccccc1N=C(CC(C)=O)c1ccccc1. The molecule has 0 bridgehead atoms. The Labute approximate surface area is 118 Å². The second-order valence-corrected chi connectivity index (χ2v) is 4.48. The molecule has 0 unspecified atom stereocenters. The Morgan fingerprint density at radius 1 is 1.05 bits per heavy atom. The normalized spacial score (nSPS) is 11.2. The topological polar surface area (TPSA) is 38.7 Å². The van der Waals surface area contributed by atoms with Crippen LogP contribution in [0, 0.1) is 0 Å². The first-order chi connectivity index (χ1) is 9.70. The maximum atomic E-state index is 11.5. The minimum Gasteiger partial charge on any atom is -0.494 e. The van der Waals surface area contributed by atoms with Crippen molar-refractivity contribution in [2.24, 2.45) is 4.99 Å². The lowest BCUT2D eigenvalue weighted by Gasteiger charge is -2.08. The zero-order valence-corrected chi connectivity index (χ0v) is 11.7. The van der Waals surface area contributed by atoms with E-state index < -0.39 is 0 Å².